The molecule has 3 heterocycles. The van der Waals surface area contributed by atoms with Crippen molar-refractivity contribution >= 4 is 16.6 Å². The van der Waals surface area contributed by atoms with Gasteiger partial charge >= 0.3 is 5.69 Å². The number of ether oxygens (including phenoxy) is 2. The van der Waals surface area contributed by atoms with E-state index >= 15 is 0 Å². The van der Waals surface area contributed by atoms with Gasteiger partial charge in [0.1, 0.15) is 0 Å². The van der Waals surface area contributed by atoms with Crippen molar-refractivity contribution in [2.24, 2.45) is 0 Å². The third-order valence-corrected chi connectivity index (χ3v) is 4.90. The van der Waals surface area contributed by atoms with Crippen LogP contribution in [0.15, 0.2) is 36.4 Å². The molecule has 0 fully saturated rings. The number of rotatable bonds is 2. The first-order valence-corrected chi connectivity index (χ1v) is 8.14. The molecule has 0 amide bonds. The maximum Gasteiger partial charge on any atom is 0.320 e. The predicted octanol–water partition coefficient (Wildman–Crippen LogP) is 3.04. The smallest absolute Gasteiger partial charge is 0.320 e. The number of para-hydroxylation sites is 1. The van der Waals surface area contributed by atoms with Crippen LogP contribution in [0.5, 0.6) is 11.5 Å². The van der Waals surface area contributed by atoms with E-state index in [1.165, 1.54) is 10.9 Å². The fraction of sp³-hybridized carbons (Fsp3) is 0.222. The Balaban J connectivity index is 1.73. The lowest BCUT2D eigenvalue weighted by Crippen LogP contribution is -2.31. The van der Waals surface area contributed by atoms with Gasteiger partial charge in [-0.25, -0.2) is 0 Å². The summed E-state index contributed by atoms with van der Waals surface area (Å²) in [6.45, 7) is 0.764. The Bertz CT molecular complexity index is 1010. The predicted molar refractivity (Wildman–Crippen MR) is 91.1 cm³/mol. The molecule has 7 nitrogen and oxygen atoms in total. The molecule has 0 saturated heterocycles. The van der Waals surface area contributed by atoms with Crippen LogP contribution >= 0.6 is 0 Å². The van der Waals surface area contributed by atoms with E-state index in [-0.39, 0.29) is 29.2 Å². The monoisotopic (exact) mass is 337 g/mol. The van der Waals surface area contributed by atoms with Crippen LogP contribution in [0.4, 0.5) is 5.69 Å². The van der Waals surface area contributed by atoms with Crippen LogP contribution < -0.4 is 14.8 Å². The molecular formula is C18H15N3O4. The molecule has 2 N–H and O–H groups in total. The van der Waals surface area contributed by atoms with E-state index in [1.54, 1.807) is 12.1 Å². The number of nitro groups is 1. The van der Waals surface area contributed by atoms with Gasteiger partial charge in [-0.1, -0.05) is 18.2 Å². The molecule has 1 atom stereocenters. The van der Waals surface area contributed by atoms with Gasteiger partial charge < -0.3 is 19.8 Å². The molecule has 0 saturated carbocycles. The summed E-state index contributed by atoms with van der Waals surface area (Å²) in [4.78, 5) is 14.8. The largest absolute Gasteiger partial charge is 0.453 e. The van der Waals surface area contributed by atoms with Crippen molar-refractivity contribution in [1.82, 2.24) is 10.3 Å². The van der Waals surface area contributed by atoms with Crippen LogP contribution in [0, 0.1) is 10.1 Å². The lowest BCUT2D eigenvalue weighted by atomic mass is 9.93. The summed E-state index contributed by atoms with van der Waals surface area (Å²) in [6.07, 6.45) is 0.883. The van der Waals surface area contributed by atoms with Crippen LogP contribution in [-0.2, 0) is 6.42 Å². The molecule has 126 valence electrons. The standard InChI is InChI=1S/C18H15N3O4/c22-21(23)17-12(5-6-14-18(17)25-9-24-14)15-16-11(7-8-19-15)10-3-1-2-4-13(10)20-16/h1-6,15,19-20H,7-9H2. The van der Waals surface area contributed by atoms with Crippen molar-refractivity contribution < 1.29 is 14.4 Å². The molecule has 25 heavy (non-hydrogen) atoms. The number of hydrogen-bond donors (Lipinski definition) is 2. The van der Waals surface area contributed by atoms with Crippen molar-refractivity contribution in [3.63, 3.8) is 0 Å². The number of benzene rings is 2. The summed E-state index contributed by atoms with van der Waals surface area (Å²) in [5.74, 6) is 0.635. The van der Waals surface area contributed by atoms with Crippen molar-refractivity contribution in [3.05, 3.63) is 63.3 Å². The summed E-state index contributed by atoms with van der Waals surface area (Å²) >= 11 is 0. The second-order valence-electron chi connectivity index (χ2n) is 6.19. The van der Waals surface area contributed by atoms with Crippen LogP contribution in [0.1, 0.15) is 22.9 Å². The van der Waals surface area contributed by atoms with Crippen molar-refractivity contribution in [3.8, 4) is 11.5 Å². The highest BCUT2D eigenvalue weighted by molar-refractivity contribution is 5.85. The molecule has 2 aliphatic heterocycles. The number of nitro benzene ring substituents is 1. The molecule has 5 rings (SSSR count). The lowest BCUT2D eigenvalue weighted by Gasteiger charge is -2.24. The summed E-state index contributed by atoms with van der Waals surface area (Å²) < 4.78 is 10.7. The topological polar surface area (TPSA) is 89.4 Å². The molecule has 7 heteroatoms. The first kappa shape index (κ1) is 14.3. The Morgan fingerprint density at radius 3 is 2.92 bits per heavy atom. The van der Waals surface area contributed by atoms with Crippen molar-refractivity contribution in [1.29, 1.82) is 0 Å². The Morgan fingerprint density at radius 1 is 1.16 bits per heavy atom. The van der Waals surface area contributed by atoms with Gasteiger partial charge in [0.15, 0.2) is 5.75 Å². The van der Waals surface area contributed by atoms with E-state index in [4.69, 9.17) is 9.47 Å². The normalized spacial score (nSPS) is 18.3. The van der Waals surface area contributed by atoms with E-state index in [0.29, 0.717) is 11.3 Å². The second-order valence-corrected chi connectivity index (χ2v) is 6.19. The van der Waals surface area contributed by atoms with Gasteiger partial charge in [0.05, 0.1) is 16.5 Å². The van der Waals surface area contributed by atoms with Gasteiger partial charge in [-0.3, -0.25) is 10.1 Å². The molecule has 1 unspecified atom stereocenters. The average molecular weight is 337 g/mol. The SMILES string of the molecule is O=[N+]([O-])c1c(C2NCCc3c2[nH]c2ccccc32)ccc2c1OCO2. The molecule has 0 radical (unpaired) electrons. The van der Waals surface area contributed by atoms with E-state index in [1.807, 2.05) is 18.2 Å². The molecule has 3 aromatic rings. The minimum absolute atomic E-state index is 0.00929. The quantitative estimate of drug-likeness (QED) is 0.554. The second kappa shape index (κ2) is 5.22. The maximum atomic E-state index is 11.7. The Hall–Kier alpha value is -3.06. The van der Waals surface area contributed by atoms with Crippen molar-refractivity contribution in [2.75, 3.05) is 13.3 Å². The maximum absolute atomic E-state index is 11.7. The molecule has 0 spiro atoms. The minimum atomic E-state index is -0.387. The number of hydrogen-bond acceptors (Lipinski definition) is 5. The van der Waals surface area contributed by atoms with Gasteiger partial charge in [-0.2, -0.15) is 0 Å². The first-order chi connectivity index (χ1) is 12.2. The fourth-order valence-corrected chi connectivity index (χ4v) is 3.84. The number of aromatic nitrogens is 1. The van der Waals surface area contributed by atoms with Crippen LogP contribution in [0.3, 0.4) is 0 Å². The lowest BCUT2D eigenvalue weighted by molar-refractivity contribution is -0.386. The summed E-state index contributed by atoms with van der Waals surface area (Å²) in [7, 11) is 0. The summed E-state index contributed by atoms with van der Waals surface area (Å²) in [6, 6.07) is 11.3. The fourth-order valence-electron chi connectivity index (χ4n) is 3.84. The van der Waals surface area contributed by atoms with Crippen LogP contribution in [0.2, 0.25) is 0 Å². The zero-order valence-electron chi connectivity index (χ0n) is 13.2. The highest BCUT2D eigenvalue weighted by Gasteiger charge is 2.35. The molecule has 1 aromatic heterocycles. The highest BCUT2D eigenvalue weighted by atomic mass is 16.7. The van der Waals surface area contributed by atoms with Crippen molar-refractivity contribution in [2.45, 2.75) is 12.5 Å². The molecular weight excluding hydrogens is 322 g/mol. The van der Waals surface area contributed by atoms with Crippen LogP contribution in [-0.4, -0.2) is 23.2 Å². The van der Waals surface area contributed by atoms with Gasteiger partial charge in [0.2, 0.25) is 12.5 Å². The van der Waals surface area contributed by atoms with E-state index in [2.05, 4.69) is 16.4 Å². The number of fused-ring (bicyclic) bond motifs is 4. The summed E-state index contributed by atoms with van der Waals surface area (Å²) in [5.41, 5.74) is 3.80. The molecule has 0 bridgehead atoms. The molecule has 2 aromatic carbocycles. The third kappa shape index (κ3) is 2.02. The third-order valence-electron chi connectivity index (χ3n) is 4.90. The van der Waals surface area contributed by atoms with Crippen LogP contribution in [0.25, 0.3) is 10.9 Å². The Kier molecular flexibility index (Phi) is 2.98. The Morgan fingerprint density at radius 2 is 2.04 bits per heavy atom. The van der Waals surface area contributed by atoms with Gasteiger partial charge in [0, 0.05) is 23.1 Å². The first-order valence-electron chi connectivity index (χ1n) is 8.14. The van der Waals surface area contributed by atoms with E-state index in [0.717, 1.165) is 24.2 Å². The van der Waals surface area contributed by atoms with Gasteiger partial charge in [-0.05, 0) is 30.2 Å². The zero-order valence-corrected chi connectivity index (χ0v) is 13.2. The average Bonchev–Trinajstić information content (AvgIpc) is 3.24. The van der Waals surface area contributed by atoms with E-state index in [9.17, 15) is 10.1 Å². The number of nitrogens with one attached hydrogen (secondary N) is 2. The van der Waals surface area contributed by atoms with E-state index < -0.39 is 0 Å². The number of H-pyrrole nitrogens is 1. The van der Waals surface area contributed by atoms with Gasteiger partial charge in [0.25, 0.3) is 0 Å². The highest BCUT2D eigenvalue weighted by Crippen LogP contribution is 2.46. The minimum Gasteiger partial charge on any atom is -0.453 e. The molecule has 0 aliphatic carbocycles. The Labute approximate surface area is 142 Å². The van der Waals surface area contributed by atoms with Gasteiger partial charge in [-0.15, -0.1) is 0 Å². The summed E-state index contributed by atoms with van der Waals surface area (Å²) in [5, 5.41) is 16.3. The number of nitrogens with zero attached hydrogens (tertiary/aromatic N) is 1. The molecule has 2 aliphatic rings. The zero-order chi connectivity index (χ0) is 17.0. The number of aromatic amines is 1.